The molecule has 0 bridgehead atoms. The summed E-state index contributed by atoms with van der Waals surface area (Å²) in [7, 11) is -4.48. The molecule has 26 heavy (non-hydrogen) atoms. The predicted octanol–water partition coefficient (Wildman–Crippen LogP) is 4.22. The maximum atomic E-state index is 13.4. The normalized spacial score (nSPS) is 13.9. The summed E-state index contributed by atoms with van der Waals surface area (Å²) in [4.78, 5) is 3.52. The molecule has 0 saturated heterocycles. The van der Waals surface area contributed by atoms with E-state index in [0.717, 1.165) is 24.3 Å². The van der Waals surface area contributed by atoms with Crippen molar-refractivity contribution in [2.45, 2.75) is 17.1 Å². The number of fused-ring (bicyclic) bond motifs is 1. The summed E-state index contributed by atoms with van der Waals surface area (Å²) >= 11 is 11.4. The first-order valence-electron chi connectivity index (χ1n) is 7.05. The van der Waals surface area contributed by atoms with Gasteiger partial charge in [-0.25, -0.2) is 13.4 Å². The van der Waals surface area contributed by atoms with Gasteiger partial charge in [-0.1, -0.05) is 35.3 Å². The fourth-order valence-electron chi connectivity index (χ4n) is 2.30. The van der Waals surface area contributed by atoms with Crippen LogP contribution in [0.5, 0.6) is 0 Å². The first-order chi connectivity index (χ1) is 12.1. The quantitative estimate of drug-likeness (QED) is 0.682. The van der Waals surface area contributed by atoms with Gasteiger partial charge in [-0.2, -0.15) is 17.9 Å². The molecule has 0 aliphatic rings. The number of benzene rings is 1. The lowest BCUT2D eigenvalue weighted by Crippen LogP contribution is -2.38. The Morgan fingerprint density at radius 2 is 1.77 bits per heavy atom. The van der Waals surface area contributed by atoms with Crippen molar-refractivity contribution in [3.05, 3.63) is 64.5 Å². The van der Waals surface area contributed by atoms with E-state index in [0.29, 0.717) is 0 Å². The highest BCUT2D eigenvalue weighted by atomic mass is 35.5. The summed E-state index contributed by atoms with van der Waals surface area (Å²) in [6.07, 6.45) is -2.07. The molecule has 1 atom stereocenters. The third-order valence-electron chi connectivity index (χ3n) is 3.52. The molecular weight excluding hydrogens is 414 g/mol. The van der Waals surface area contributed by atoms with Crippen LogP contribution in [-0.2, 0) is 10.0 Å². The van der Waals surface area contributed by atoms with Gasteiger partial charge in [-0.05, 0) is 23.8 Å². The van der Waals surface area contributed by atoms with E-state index in [2.05, 4.69) is 4.98 Å². The lowest BCUT2D eigenvalue weighted by molar-refractivity contribution is -0.153. The maximum Gasteiger partial charge on any atom is 0.408 e. The number of hydrogen-bond acceptors (Lipinski definition) is 3. The zero-order valence-corrected chi connectivity index (χ0v) is 15.0. The highest BCUT2D eigenvalue weighted by Crippen LogP contribution is 2.34. The van der Waals surface area contributed by atoms with Crippen LogP contribution in [0.2, 0.25) is 10.2 Å². The van der Waals surface area contributed by atoms with E-state index < -0.39 is 22.2 Å². The molecule has 1 aromatic carbocycles. The number of sulfonamides is 1. The van der Waals surface area contributed by atoms with Gasteiger partial charge in [0.15, 0.2) is 0 Å². The van der Waals surface area contributed by atoms with Crippen LogP contribution >= 0.6 is 23.2 Å². The van der Waals surface area contributed by atoms with Crippen LogP contribution in [-0.4, -0.2) is 24.0 Å². The second kappa shape index (κ2) is 6.73. The zero-order chi connectivity index (χ0) is 19.1. The SMILES string of the molecule is O=S(=O)(NC(c1ccc(Cl)cc1)C(F)(F)F)c1ccn2cc(Cl)nc2c1. The molecule has 1 N–H and O–H groups in total. The van der Waals surface area contributed by atoms with E-state index in [1.807, 2.05) is 0 Å². The summed E-state index contributed by atoms with van der Waals surface area (Å²) in [6.45, 7) is 0. The van der Waals surface area contributed by atoms with Crippen molar-refractivity contribution in [2.24, 2.45) is 0 Å². The molecule has 0 saturated carbocycles. The van der Waals surface area contributed by atoms with Crippen molar-refractivity contribution in [2.75, 3.05) is 0 Å². The van der Waals surface area contributed by atoms with E-state index in [1.165, 1.54) is 28.9 Å². The molecule has 0 aliphatic heterocycles. The molecule has 3 aromatic rings. The van der Waals surface area contributed by atoms with Gasteiger partial charge in [0, 0.05) is 23.5 Å². The van der Waals surface area contributed by atoms with Crippen LogP contribution in [0.1, 0.15) is 11.6 Å². The highest BCUT2D eigenvalue weighted by molar-refractivity contribution is 7.89. The molecule has 0 fully saturated rings. The Morgan fingerprint density at radius 1 is 1.12 bits per heavy atom. The number of imidazole rings is 1. The lowest BCUT2D eigenvalue weighted by atomic mass is 10.1. The van der Waals surface area contributed by atoms with E-state index in [1.54, 1.807) is 4.72 Å². The van der Waals surface area contributed by atoms with Crippen molar-refractivity contribution in [1.29, 1.82) is 0 Å². The van der Waals surface area contributed by atoms with E-state index in [9.17, 15) is 21.6 Å². The van der Waals surface area contributed by atoms with Crippen LogP contribution in [0.25, 0.3) is 5.65 Å². The Balaban J connectivity index is 1.99. The molecule has 0 amide bonds. The minimum atomic E-state index is -4.85. The lowest BCUT2D eigenvalue weighted by Gasteiger charge is -2.22. The Kier molecular flexibility index (Phi) is 4.91. The number of halogens is 5. The average molecular weight is 424 g/mol. The van der Waals surface area contributed by atoms with Crippen molar-refractivity contribution < 1.29 is 21.6 Å². The maximum absolute atomic E-state index is 13.4. The molecule has 0 radical (unpaired) electrons. The number of pyridine rings is 1. The Bertz CT molecular complexity index is 1050. The van der Waals surface area contributed by atoms with Gasteiger partial charge < -0.3 is 4.40 Å². The Hall–Kier alpha value is -1.81. The minimum absolute atomic E-state index is 0.127. The summed E-state index contributed by atoms with van der Waals surface area (Å²) in [6, 6.07) is 4.59. The van der Waals surface area contributed by atoms with Crippen LogP contribution in [0.15, 0.2) is 53.7 Å². The first-order valence-corrected chi connectivity index (χ1v) is 9.29. The van der Waals surface area contributed by atoms with Gasteiger partial charge >= 0.3 is 6.18 Å². The van der Waals surface area contributed by atoms with E-state index in [-0.39, 0.29) is 26.3 Å². The smallest absolute Gasteiger partial charge is 0.305 e. The average Bonchev–Trinajstić information content (AvgIpc) is 2.92. The number of hydrogen-bond donors (Lipinski definition) is 1. The topological polar surface area (TPSA) is 63.5 Å². The highest BCUT2D eigenvalue weighted by Gasteiger charge is 2.43. The summed E-state index contributed by atoms with van der Waals surface area (Å²) in [5.74, 6) is 0. The van der Waals surface area contributed by atoms with Crippen LogP contribution < -0.4 is 4.72 Å². The van der Waals surface area contributed by atoms with Crippen molar-refractivity contribution in [3.8, 4) is 0 Å². The Labute approximate surface area is 156 Å². The second-order valence-corrected chi connectivity index (χ2v) is 7.88. The fourth-order valence-corrected chi connectivity index (χ4v) is 3.84. The summed E-state index contributed by atoms with van der Waals surface area (Å²) in [5, 5.41) is 0.362. The van der Waals surface area contributed by atoms with Crippen molar-refractivity contribution >= 4 is 38.9 Å². The van der Waals surface area contributed by atoms with E-state index >= 15 is 0 Å². The molecule has 2 heterocycles. The first kappa shape index (κ1) is 19.0. The van der Waals surface area contributed by atoms with Crippen molar-refractivity contribution in [3.63, 3.8) is 0 Å². The molecule has 11 heteroatoms. The number of nitrogens with zero attached hydrogens (tertiary/aromatic N) is 2. The molecule has 5 nitrogen and oxygen atoms in total. The van der Waals surface area contributed by atoms with Gasteiger partial charge in [0.2, 0.25) is 10.0 Å². The second-order valence-electron chi connectivity index (χ2n) is 5.34. The van der Waals surface area contributed by atoms with Crippen LogP contribution in [0.3, 0.4) is 0 Å². The van der Waals surface area contributed by atoms with Crippen LogP contribution in [0, 0.1) is 0 Å². The van der Waals surface area contributed by atoms with Gasteiger partial charge in [0.1, 0.15) is 16.8 Å². The molecule has 2 aromatic heterocycles. The Morgan fingerprint density at radius 3 is 2.38 bits per heavy atom. The predicted molar refractivity (Wildman–Crippen MR) is 90.8 cm³/mol. The standard InChI is InChI=1S/C15H10Cl2F3N3O2S/c16-10-3-1-9(2-4-10)14(15(18,19)20)22-26(24,25)11-5-6-23-8-12(17)21-13(23)7-11/h1-8,14,22H. The number of nitrogens with one attached hydrogen (secondary N) is 1. The number of aromatic nitrogens is 2. The van der Waals surface area contributed by atoms with Gasteiger partial charge in [0.05, 0.1) is 4.90 Å². The molecule has 138 valence electrons. The summed E-state index contributed by atoms with van der Waals surface area (Å²) < 4.78 is 68.3. The summed E-state index contributed by atoms with van der Waals surface area (Å²) in [5.41, 5.74) is -0.0941. The minimum Gasteiger partial charge on any atom is -0.305 e. The van der Waals surface area contributed by atoms with Gasteiger partial charge in [0.25, 0.3) is 0 Å². The van der Waals surface area contributed by atoms with Gasteiger partial charge in [-0.3, -0.25) is 0 Å². The largest absolute Gasteiger partial charge is 0.408 e. The van der Waals surface area contributed by atoms with Gasteiger partial charge in [-0.15, -0.1) is 0 Å². The molecule has 0 aliphatic carbocycles. The number of alkyl halides is 3. The van der Waals surface area contributed by atoms with Crippen molar-refractivity contribution in [1.82, 2.24) is 14.1 Å². The molecule has 0 spiro atoms. The fraction of sp³-hybridized carbons (Fsp3) is 0.133. The number of rotatable bonds is 4. The molecule has 1 unspecified atom stereocenters. The zero-order valence-electron chi connectivity index (χ0n) is 12.7. The monoisotopic (exact) mass is 423 g/mol. The molecule has 3 rings (SSSR count). The van der Waals surface area contributed by atoms with Crippen LogP contribution in [0.4, 0.5) is 13.2 Å². The molecular formula is C15H10Cl2F3N3O2S. The third-order valence-corrected chi connectivity index (χ3v) is 5.37. The third kappa shape index (κ3) is 3.96. The van der Waals surface area contributed by atoms with E-state index in [4.69, 9.17) is 23.2 Å².